The molecule has 1 aliphatic carbocycles. The van der Waals surface area contributed by atoms with Gasteiger partial charge in [0, 0.05) is 18.7 Å². The Morgan fingerprint density at radius 1 is 1.35 bits per heavy atom. The first-order chi connectivity index (χ1) is 8.13. The zero-order chi connectivity index (χ0) is 12.3. The number of rotatable bonds is 5. The minimum absolute atomic E-state index is 0.284. The molecule has 100 valence electrons. The normalized spacial score (nSPS) is 30.9. The molecule has 1 spiro atoms. The van der Waals surface area contributed by atoms with Gasteiger partial charge in [0.05, 0.1) is 5.60 Å². The fourth-order valence-corrected chi connectivity index (χ4v) is 3.33. The Bertz CT molecular complexity index is 237. The molecule has 1 aliphatic heterocycles. The summed E-state index contributed by atoms with van der Waals surface area (Å²) in [4.78, 5) is 0. The van der Waals surface area contributed by atoms with Gasteiger partial charge < -0.3 is 10.1 Å². The topological polar surface area (TPSA) is 21.3 Å². The summed E-state index contributed by atoms with van der Waals surface area (Å²) < 4.78 is 5.98. The van der Waals surface area contributed by atoms with Crippen molar-refractivity contribution in [2.24, 2.45) is 5.92 Å². The van der Waals surface area contributed by atoms with Crippen LogP contribution in [-0.4, -0.2) is 24.3 Å². The molecule has 0 radical (unpaired) electrons. The highest BCUT2D eigenvalue weighted by atomic mass is 16.5. The van der Waals surface area contributed by atoms with Crippen molar-refractivity contribution in [3.05, 3.63) is 0 Å². The van der Waals surface area contributed by atoms with Gasteiger partial charge in [0.2, 0.25) is 0 Å². The van der Waals surface area contributed by atoms with Gasteiger partial charge in [-0.05, 0) is 51.4 Å². The molecule has 1 saturated heterocycles. The van der Waals surface area contributed by atoms with E-state index >= 15 is 0 Å². The third-order valence-corrected chi connectivity index (χ3v) is 4.73. The minimum atomic E-state index is 0.284. The quantitative estimate of drug-likeness (QED) is 0.793. The van der Waals surface area contributed by atoms with Crippen LogP contribution in [0.1, 0.15) is 65.7 Å². The Labute approximate surface area is 107 Å². The number of ether oxygens (including phenoxy) is 1. The van der Waals surface area contributed by atoms with E-state index in [1.54, 1.807) is 0 Å². The zero-order valence-corrected chi connectivity index (χ0v) is 11.8. The molecule has 3 atom stereocenters. The first-order valence-corrected chi connectivity index (χ1v) is 7.53. The van der Waals surface area contributed by atoms with Crippen LogP contribution in [0.4, 0.5) is 0 Å². The molecule has 2 heteroatoms. The van der Waals surface area contributed by atoms with Crippen molar-refractivity contribution in [1.29, 1.82) is 0 Å². The lowest BCUT2D eigenvalue weighted by molar-refractivity contribution is -0.136. The Kier molecular flexibility index (Phi) is 4.48. The highest BCUT2D eigenvalue weighted by Crippen LogP contribution is 2.42. The van der Waals surface area contributed by atoms with Crippen LogP contribution >= 0.6 is 0 Å². The second-order valence-electron chi connectivity index (χ2n) is 6.39. The molecule has 0 aromatic heterocycles. The molecule has 0 aromatic rings. The third kappa shape index (κ3) is 3.45. The predicted octanol–water partition coefficient (Wildman–Crippen LogP) is 3.50. The summed E-state index contributed by atoms with van der Waals surface area (Å²) in [5, 5.41) is 3.83. The van der Waals surface area contributed by atoms with Crippen molar-refractivity contribution in [3.63, 3.8) is 0 Å². The summed E-state index contributed by atoms with van der Waals surface area (Å²) in [6.45, 7) is 7.95. The lowest BCUT2D eigenvalue weighted by atomic mass is 9.74. The van der Waals surface area contributed by atoms with Crippen molar-refractivity contribution >= 4 is 0 Å². The van der Waals surface area contributed by atoms with E-state index in [2.05, 4.69) is 26.1 Å². The Hall–Kier alpha value is -0.0800. The standard InChI is InChI=1S/C15H29NO/c1-4-12(2)10-13(3)16-14-6-9-17-15(11-14)7-5-8-15/h12-14,16H,4-11H2,1-3H3. The van der Waals surface area contributed by atoms with Crippen molar-refractivity contribution in [1.82, 2.24) is 5.32 Å². The van der Waals surface area contributed by atoms with Crippen LogP contribution in [0.3, 0.4) is 0 Å². The van der Waals surface area contributed by atoms with Gasteiger partial charge in [0.1, 0.15) is 0 Å². The van der Waals surface area contributed by atoms with Crippen molar-refractivity contribution in [2.75, 3.05) is 6.61 Å². The second-order valence-corrected chi connectivity index (χ2v) is 6.39. The van der Waals surface area contributed by atoms with Crippen LogP contribution in [-0.2, 0) is 4.74 Å². The van der Waals surface area contributed by atoms with E-state index in [0.29, 0.717) is 12.1 Å². The highest BCUT2D eigenvalue weighted by molar-refractivity contribution is 4.96. The van der Waals surface area contributed by atoms with Crippen molar-refractivity contribution < 1.29 is 4.74 Å². The summed E-state index contributed by atoms with van der Waals surface area (Å²) in [5.41, 5.74) is 0.284. The van der Waals surface area contributed by atoms with Gasteiger partial charge in [-0.25, -0.2) is 0 Å². The van der Waals surface area contributed by atoms with Gasteiger partial charge in [0.25, 0.3) is 0 Å². The molecule has 0 aromatic carbocycles. The minimum Gasteiger partial charge on any atom is -0.375 e. The van der Waals surface area contributed by atoms with E-state index in [4.69, 9.17) is 4.74 Å². The lowest BCUT2D eigenvalue weighted by Gasteiger charge is -2.47. The lowest BCUT2D eigenvalue weighted by Crippen LogP contribution is -2.52. The van der Waals surface area contributed by atoms with E-state index in [-0.39, 0.29) is 5.60 Å². The van der Waals surface area contributed by atoms with E-state index in [1.165, 1.54) is 44.9 Å². The number of nitrogens with one attached hydrogen (secondary N) is 1. The average molecular weight is 239 g/mol. The summed E-state index contributed by atoms with van der Waals surface area (Å²) in [7, 11) is 0. The monoisotopic (exact) mass is 239 g/mol. The fourth-order valence-electron chi connectivity index (χ4n) is 3.33. The van der Waals surface area contributed by atoms with Gasteiger partial charge in [-0.2, -0.15) is 0 Å². The maximum Gasteiger partial charge on any atom is 0.0697 e. The molecule has 1 heterocycles. The summed E-state index contributed by atoms with van der Waals surface area (Å²) >= 11 is 0. The molecular formula is C15H29NO. The fraction of sp³-hybridized carbons (Fsp3) is 1.00. The maximum atomic E-state index is 5.98. The number of hydrogen-bond donors (Lipinski definition) is 1. The van der Waals surface area contributed by atoms with E-state index in [0.717, 1.165) is 12.5 Å². The van der Waals surface area contributed by atoms with E-state index in [1.807, 2.05) is 0 Å². The molecule has 0 bridgehead atoms. The van der Waals surface area contributed by atoms with Gasteiger partial charge in [-0.1, -0.05) is 20.3 Å². The highest BCUT2D eigenvalue weighted by Gasteiger charge is 2.42. The molecule has 2 rings (SSSR count). The molecule has 2 fully saturated rings. The Morgan fingerprint density at radius 3 is 2.71 bits per heavy atom. The van der Waals surface area contributed by atoms with Crippen LogP contribution in [0.25, 0.3) is 0 Å². The van der Waals surface area contributed by atoms with Gasteiger partial charge in [0.15, 0.2) is 0 Å². The molecule has 3 unspecified atom stereocenters. The third-order valence-electron chi connectivity index (χ3n) is 4.73. The van der Waals surface area contributed by atoms with Gasteiger partial charge in [-0.3, -0.25) is 0 Å². The van der Waals surface area contributed by atoms with E-state index in [9.17, 15) is 0 Å². The molecule has 17 heavy (non-hydrogen) atoms. The number of hydrogen-bond acceptors (Lipinski definition) is 2. The molecular weight excluding hydrogens is 210 g/mol. The van der Waals surface area contributed by atoms with Crippen LogP contribution in [0.5, 0.6) is 0 Å². The van der Waals surface area contributed by atoms with Crippen LogP contribution < -0.4 is 5.32 Å². The second kappa shape index (κ2) is 5.71. The van der Waals surface area contributed by atoms with E-state index < -0.39 is 0 Å². The summed E-state index contributed by atoms with van der Waals surface area (Å²) in [5.74, 6) is 0.843. The first kappa shape index (κ1) is 13.4. The van der Waals surface area contributed by atoms with Crippen molar-refractivity contribution in [2.45, 2.75) is 83.4 Å². The zero-order valence-electron chi connectivity index (χ0n) is 11.8. The first-order valence-electron chi connectivity index (χ1n) is 7.53. The maximum absolute atomic E-state index is 5.98. The van der Waals surface area contributed by atoms with Crippen LogP contribution in [0.15, 0.2) is 0 Å². The Balaban J connectivity index is 1.74. The smallest absolute Gasteiger partial charge is 0.0697 e. The average Bonchev–Trinajstić information content (AvgIpc) is 2.27. The van der Waals surface area contributed by atoms with Crippen LogP contribution in [0, 0.1) is 5.92 Å². The SMILES string of the molecule is CCC(C)CC(C)NC1CCOC2(CCC2)C1. The Morgan fingerprint density at radius 2 is 2.12 bits per heavy atom. The van der Waals surface area contributed by atoms with Gasteiger partial charge in [-0.15, -0.1) is 0 Å². The van der Waals surface area contributed by atoms with Crippen molar-refractivity contribution in [3.8, 4) is 0 Å². The van der Waals surface area contributed by atoms with Crippen LogP contribution in [0.2, 0.25) is 0 Å². The molecule has 2 nitrogen and oxygen atoms in total. The molecule has 1 N–H and O–H groups in total. The molecule has 1 saturated carbocycles. The predicted molar refractivity (Wildman–Crippen MR) is 72.2 cm³/mol. The molecule has 0 amide bonds. The van der Waals surface area contributed by atoms with Gasteiger partial charge >= 0.3 is 0 Å². The summed E-state index contributed by atoms with van der Waals surface area (Å²) in [6, 6.07) is 1.35. The molecule has 2 aliphatic rings. The largest absolute Gasteiger partial charge is 0.375 e. The summed E-state index contributed by atoms with van der Waals surface area (Å²) in [6.07, 6.45) is 9.01.